The number of halogens is 1. The molecule has 0 spiro atoms. The Morgan fingerprint density at radius 1 is 1.21 bits per heavy atom. The smallest absolute Gasteiger partial charge is 0.146 e. The number of nitrogens with zero attached hydrogens (tertiary/aromatic N) is 2. The zero-order valence-electron chi connectivity index (χ0n) is 11.3. The van der Waals surface area contributed by atoms with Crippen LogP contribution in [-0.2, 0) is 0 Å². The van der Waals surface area contributed by atoms with Crippen molar-refractivity contribution >= 4 is 27.6 Å². The van der Waals surface area contributed by atoms with E-state index in [0.29, 0.717) is 22.5 Å². The molecule has 1 aromatic rings. The van der Waals surface area contributed by atoms with Gasteiger partial charge in [-0.1, -0.05) is 13.8 Å². The summed E-state index contributed by atoms with van der Waals surface area (Å²) in [4.78, 5) is 8.29. The Balaban J connectivity index is 2.94. The average Bonchev–Trinajstić information content (AvgIpc) is 2.45. The zero-order valence-corrected chi connectivity index (χ0v) is 12.9. The van der Waals surface area contributed by atoms with Gasteiger partial charge in [-0.2, -0.15) is 0 Å². The fraction of sp³-hybridized carbons (Fsp3) is 0.667. The van der Waals surface area contributed by atoms with E-state index in [1.165, 1.54) is 6.33 Å². The highest BCUT2D eigenvalue weighted by Gasteiger charge is 2.28. The van der Waals surface area contributed by atoms with Gasteiger partial charge in [0.1, 0.15) is 22.4 Å². The van der Waals surface area contributed by atoms with Gasteiger partial charge < -0.3 is 20.8 Å². The molecule has 0 aliphatic carbocycles. The van der Waals surface area contributed by atoms with Gasteiger partial charge in [0.25, 0.3) is 0 Å². The Bertz CT molecular complexity index is 391. The number of anilines is 2. The molecule has 0 radical (unpaired) electrons. The van der Waals surface area contributed by atoms with Crippen molar-refractivity contribution in [1.82, 2.24) is 9.97 Å². The van der Waals surface area contributed by atoms with Crippen molar-refractivity contribution in [2.45, 2.75) is 32.2 Å². The van der Waals surface area contributed by atoms with E-state index in [-0.39, 0.29) is 13.2 Å². The summed E-state index contributed by atoms with van der Waals surface area (Å²) in [6, 6.07) is 0. The maximum atomic E-state index is 9.44. The topological polar surface area (TPSA) is 90.3 Å². The van der Waals surface area contributed by atoms with E-state index in [1.807, 2.05) is 6.92 Å². The van der Waals surface area contributed by atoms with Gasteiger partial charge in [0, 0.05) is 6.54 Å². The molecule has 0 saturated heterocycles. The predicted octanol–water partition coefficient (Wildman–Crippen LogP) is 1.61. The Morgan fingerprint density at radius 2 is 1.84 bits per heavy atom. The molecule has 0 aromatic carbocycles. The number of aromatic nitrogens is 2. The molecule has 1 rings (SSSR count). The summed E-state index contributed by atoms with van der Waals surface area (Å²) in [5.41, 5.74) is -0.779. The van der Waals surface area contributed by atoms with Gasteiger partial charge in [0.15, 0.2) is 0 Å². The van der Waals surface area contributed by atoms with Crippen LogP contribution < -0.4 is 10.6 Å². The minimum Gasteiger partial charge on any atom is -0.394 e. The number of aliphatic hydroxyl groups excluding tert-OH is 2. The molecule has 108 valence electrons. The molecule has 1 heterocycles. The molecule has 0 unspecified atom stereocenters. The molecule has 0 atom stereocenters. The van der Waals surface area contributed by atoms with E-state index >= 15 is 0 Å². The molecular weight excluding hydrogens is 312 g/mol. The van der Waals surface area contributed by atoms with Crippen molar-refractivity contribution < 1.29 is 10.2 Å². The lowest BCUT2D eigenvalue weighted by molar-refractivity contribution is 0.132. The Hall–Kier alpha value is -0.920. The molecule has 1 aromatic heterocycles. The van der Waals surface area contributed by atoms with Gasteiger partial charge >= 0.3 is 0 Å². The average molecular weight is 333 g/mol. The summed E-state index contributed by atoms with van der Waals surface area (Å²) >= 11 is 3.44. The third-order valence-corrected chi connectivity index (χ3v) is 3.75. The van der Waals surface area contributed by atoms with Crippen molar-refractivity contribution in [1.29, 1.82) is 0 Å². The van der Waals surface area contributed by atoms with Crippen LogP contribution in [0.5, 0.6) is 0 Å². The van der Waals surface area contributed by atoms with E-state index in [9.17, 15) is 10.2 Å². The third kappa shape index (κ3) is 4.02. The first-order valence-corrected chi connectivity index (χ1v) is 7.16. The van der Waals surface area contributed by atoms with Crippen LogP contribution in [-0.4, -0.2) is 45.5 Å². The summed E-state index contributed by atoms with van der Waals surface area (Å²) < 4.78 is 0.697. The van der Waals surface area contributed by atoms with Crippen LogP contribution in [0.2, 0.25) is 0 Å². The largest absolute Gasteiger partial charge is 0.394 e. The standard InChI is InChI=1S/C12H21BrN4O2/c1-3-5-14-10-9(13)11(16-8-15-10)17-12(4-2,6-18)7-19/h8,18-19H,3-7H2,1-2H3,(H2,14,15,16,17). The van der Waals surface area contributed by atoms with Crippen LogP contribution in [0.4, 0.5) is 11.6 Å². The van der Waals surface area contributed by atoms with E-state index in [0.717, 1.165) is 13.0 Å². The summed E-state index contributed by atoms with van der Waals surface area (Å²) in [5.74, 6) is 1.25. The quantitative estimate of drug-likeness (QED) is 0.578. The highest BCUT2D eigenvalue weighted by Crippen LogP contribution is 2.29. The number of rotatable bonds is 8. The van der Waals surface area contributed by atoms with Crippen molar-refractivity contribution in [3.63, 3.8) is 0 Å². The van der Waals surface area contributed by atoms with Crippen LogP contribution in [0.15, 0.2) is 10.8 Å². The molecule has 0 aliphatic rings. The van der Waals surface area contributed by atoms with Crippen LogP contribution in [0, 0.1) is 0 Å². The van der Waals surface area contributed by atoms with E-state index in [1.54, 1.807) is 0 Å². The first-order chi connectivity index (χ1) is 9.12. The van der Waals surface area contributed by atoms with Crippen LogP contribution in [0.1, 0.15) is 26.7 Å². The Morgan fingerprint density at radius 3 is 2.37 bits per heavy atom. The van der Waals surface area contributed by atoms with Crippen molar-refractivity contribution in [3.05, 3.63) is 10.8 Å². The van der Waals surface area contributed by atoms with Gasteiger partial charge in [-0.15, -0.1) is 0 Å². The van der Waals surface area contributed by atoms with Gasteiger partial charge in [0.05, 0.1) is 18.8 Å². The summed E-state index contributed by atoms with van der Waals surface area (Å²) in [6.45, 7) is 4.43. The number of hydrogen-bond acceptors (Lipinski definition) is 6. The Labute approximate surface area is 121 Å². The monoisotopic (exact) mass is 332 g/mol. The number of aliphatic hydroxyl groups is 2. The molecule has 0 bridgehead atoms. The van der Waals surface area contributed by atoms with Crippen LogP contribution in [0.25, 0.3) is 0 Å². The molecule has 0 saturated carbocycles. The summed E-state index contributed by atoms with van der Waals surface area (Å²) in [7, 11) is 0. The van der Waals surface area contributed by atoms with E-state index in [4.69, 9.17) is 0 Å². The van der Waals surface area contributed by atoms with Crippen molar-refractivity contribution in [2.75, 3.05) is 30.4 Å². The van der Waals surface area contributed by atoms with E-state index in [2.05, 4.69) is 43.5 Å². The van der Waals surface area contributed by atoms with Crippen LogP contribution in [0.3, 0.4) is 0 Å². The number of nitrogens with one attached hydrogen (secondary N) is 2. The molecule has 7 heteroatoms. The predicted molar refractivity (Wildman–Crippen MR) is 79.3 cm³/mol. The van der Waals surface area contributed by atoms with Crippen molar-refractivity contribution in [2.24, 2.45) is 0 Å². The van der Waals surface area contributed by atoms with Crippen LogP contribution >= 0.6 is 15.9 Å². The normalized spacial score (nSPS) is 11.4. The lowest BCUT2D eigenvalue weighted by Gasteiger charge is -2.30. The Kier molecular flexibility index (Phi) is 6.47. The molecule has 0 amide bonds. The second-order valence-corrected chi connectivity index (χ2v) is 5.18. The number of hydrogen-bond donors (Lipinski definition) is 4. The minimum absolute atomic E-state index is 0.172. The first kappa shape index (κ1) is 16.1. The molecule has 4 N–H and O–H groups in total. The van der Waals surface area contributed by atoms with Gasteiger partial charge in [-0.25, -0.2) is 9.97 Å². The lowest BCUT2D eigenvalue weighted by atomic mass is 9.98. The second kappa shape index (κ2) is 7.62. The first-order valence-electron chi connectivity index (χ1n) is 6.36. The van der Waals surface area contributed by atoms with Crippen molar-refractivity contribution in [3.8, 4) is 0 Å². The van der Waals surface area contributed by atoms with E-state index < -0.39 is 5.54 Å². The molecule has 0 fully saturated rings. The molecule has 0 aliphatic heterocycles. The highest BCUT2D eigenvalue weighted by atomic mass is 79.9. The maximum Gasteiger partial charge on any atom is 0.146 e. The molecule has 6 nitrogen and oxygen atoms in total. The summed E-state index contributed by atoms with van der Waals surface area (Å²) in [5, 5.41) is 25.2. The zero-order chi connectivity index (χ0) is 14.3. The van der Waals surface area contributed by atoms with Gasteiger partial charge in [0.2, 0.25) is 0 Å². The highest BCUT2D eigenvalue weighted by molar-refractivity contribution is 9.10. The van der Waals surface area contributed by atoms with Gasteiger partial charge in [-0.3, -0.25) is 0 Å². The second-order valence-electron chi connectivity index (χ2n) is 4.39. The maximum absolute atomic E-state index is 9.44. The third-order valence-electron chi connectivity index (χ3n) is 3.00. The molecular formula is C12H21BrN4O2. The fourth-order valence-corrected chi connectivity index (χ4v) is 1.96. The SMILES string of the molecule is CCCNc1ncnc(NC(CC)(CO)CO)c1Br. The lowest BCUT2D eigenvalue weighted by Crippen LogP contribution is -2.45. The fourth-order valence-electron chi connectivity index (χ4n) is 1.52. The molecule has 19 heavy (non-hydrogen) atoms. The minimum atomic E-state index is -0.779. The summed E-state index contributed by atoms with van der Waals surface area (Å²) in [6.07, 6.45) is 3.01. The van der Waals surface area contributed by atoms with Gasteiger partial charge in [-0.05, 0) is 28.8 Å².